The second-order valence-electron chi connectivity index (χ2n) is 4.84. The second-order valence-corrected chi connectivity index (χ2v) is 4.84. The van der Waals surface area contributed by atoms with Crippen molar-refractivity contribution >= 4 is 11.8 Å². The first kappa shape index (κ1) is 15.1. The van der Waals surface area contributed by atoms with Crippen LogP contribution in [-0.4, -0.2) is 24.9 Å². The monoisotopic (exact) mass is 266 g/mol. The molecule has 0 spiro atoms. The largest absolute Gasteiger partial charge is 0.354 e. The molecule has 0 unspecified atom stereocenters. The van der Waals surface area contributed by atoms with Gasteiger partial charge in [0.2, 0.25) is 5.91 Å². The highest BCUT2D eigenvalue weighted by Gasteiger charge is 2.11. The van der Waals surface area contributed by atoms with E-state index in [4.69, 9.17) is 0 Å². The minimum absolute atomic E-state index is 0.0810. The fraction of sp³-hybridized carbons (Fsp3) is 0.429. The van der Waals surface area contributed by atoms with Crippen LogP contribution in [0.1, 0.15) is 29.8 Å². The van der Waals surface area contributed by atoms with E-state index in [1.807, 2.05) is 13.8 Å². The average Bonchev–Trinajstić information content (AvgIpc) is 2.33. The van der Waals surface area contributed by atoms with E-state index in [-0.39, 0.29) is 24.2 Å². The summed E-state index contributed by atoms with van der Waals surface area (Å²) in [5.41, 5.74) is 0.915. The van der Waals surface area contributed by atoms with Crippen LogP contribution in [0.4, 0.5) is 4.39 Å². The van der Waals surface area contributed by atoms with E-state index >= 15 is 0 Å². The van der Waals surface area contributed by atoms with Gasteiger partial charge < -0.3 is 10.6 Å². The van der Waals surface area contributed by atoms with Crippen molar-refractivity contribution in [3.05, 3.63) is 35.1 Å². The number of hydrogen-bond donors (Lipinski definition) is 2. The van der Waals surface area contributed by atoms with Crippen LogP contribution in [0.2, 0.25) is 0 Å². The second kappa shape index (κ2) is 6.87. The number of hydrogen-bond acceptors (Lipinski definition) is 2. The molecule has 0 aliphatic rings. The lowest BCUT2D eigenvalue weighted by molar-refractivity contribution is -0.120. The van der Waals surface area contributed by atoms with Gasteiger partial charge >= 0.3 is 0 Å². The Bertz CT molecular complexity index is 473. The number of aryl methyl sites for hydroxylation is 1. The molecule has 0 aliphatic carbocycles. The Hall–Kier alpha value is -1.91. The van der Waals surface area contributed by atoms with E-state index in [1.54, 1.807) is 6.92 Å². The van der Waals surface area contributed by atoms with Crippen LogP contribution < -0.4 is 10.6 Å². The summed E-state index contributed by atoms with van der Waals surface area (Å²) in [6.45, 7) is 6.12. The van der Waals surface area contributed by atoms with Crippen LogP contribution in [0.5, 0.6) is 0 Å². The summed E-state index contributed by atoms with van der Waals surface area (Å²) in [5.74, 6) is -0.637. The molecule has 4 nitrogen and oxygen atoms in total. The predicted molar refractivity (Wildman–Crippen MR) is 71.3 cm³/mol. The molecule has 0 saturated carbocycles. The molecule has 1 rings (SSSR count). The van der Waals surface area contributed by atoms with Crippen molar-refractivity contribution in [2.45, 2.75) is 20.8 Å². The molecule has 104 valence electrons. The highest BCUT2D eigenvalue weighted by atomic mass is 19.1. The van der Waals surface area contributed by atoms with Crippen molar-refractivity contribution in [1.82, 2.24) is 10.6 Å². The predicted octanol–water partition coefficient (Wildman–Crippen LogP) is 1.64. The molecule has 0 radical (unpaired) electrons. The first-order chi connectivity index (χ1) is 8.90. The highest BCUT2D eigenvalue weighted by Crippen LogP contribution is 2.09. The summed E-state index contributed by atoms with van der Waals surface area (Å²) in [7, 11) is 0. The Morgan fingerprint density at radius 1 is 1.26 bits per heavy atom. The summed E-state index contributed by atoms with van der Waals surface area (Å²) in [6.07, 6.45) is 0. The van der Waals surface area contributed by atoms with E-state index < -0.39 is 0 Å². The number of carbonyl (C=O) groups is 2. The molecule has 0 bridgehead atoms. The summed E-state index contributed by atoms with van der Waals surface area (Å²) < 4.78 is 12.9. The Labute approximate surface area is 112 Å². The number of benzene rings is 1. The van der Waals surface area contributed by atoms with E-state index in [9.17, 15) is 14.0 Å². The van der Waals surface area contributed by atoms with Gasteiger partial charge in [0.15, 0.2) is 0 Å². The first-order valence-electron chi connectivity index (χ1n) is 6.21. The van der Waals surface area contributed by atoms with E-state index in [0.29, 0.717) is 23.6 Å². The summed E-state index contributed by atoms with van der Waals surface area (Å²) >= 11 is 0. The maximum Gasteiger partial charge on any atom is 0.251 e. The number of halogens is 1. The van der Waals surface area contributed by atoms with Crippen molar-refractivity contribution in [2.24, 2.45) is 5.92 Å². The van der Waals surface area contributed by atoms with Crippen molar-refractivity contribution in [1.29, 1.82) is 0 Å². The molecule has 19 heavy (non-hydrogen) atoms. The smallest absolute Gasteiger partial charge is 0.251 e. The zero-order chi connectivity index (χ0) is 14.4. The van der Waals surface area contributed by atoms with Gasteiger partial charge in [-0.3, -0.25) is 9.59 Å². The van der Waals surface area contributed by atoms with Crippen molar-refractivity contribution in [2.75, 3.05) is 13.1 Å². The standard InChI is InChI=1S/C14H19FN2O2/c1-9(2)7-16-13(18)8-17-14(19)12-5-4-11(15)6-10(12)3/h4-6,9H,7-8H2,1-3H3,(H,16,18)(H,17,19). The molecular weight excluding hydrogens is 247 g/mol. The van der Waals surface area contributed by atoms with Gasteiger partial charge in [-0.15, -0.1) is 0 Å². The van der Waals surface area contributed by atoms with Gasteiger partial charge in [0.1, 0.15) is 5.82 Å². The molecule has 0 atom stereocenters. The Morgan fingerprint density at radius 2 is 1.95 bits per heavy atom. The molecular formula is C14H19FN2O2. The van der Waals surface area contributed by atoms with Gasteiger partial charge in [0.25, 0.3) is 5.91 Å². The molecule has 1 aromatic rings. The molecule has 0 aliphatic heterocycles. The lowest BCUT2D eigenvalue weighted by Crippen LogP contribution is -2.38. The quantitative estimate of drug-likeness (QED) is 0.851. The molecule has 0 heterocycles. The van der Waals surface area contributed by atoms with Gasteiger partial charge in [-0.2, -0.15) is 0 Å². The van der Waals surface area contributed by atoms with Crippen molar-refractivity contribution < 1.29 is 14.0 Å². The molecule has 5 heteroatoms. The highest BCUT2D eigenvalue weighted by molar-refractivity contribution is 5.97. The Morgan fingerprint density at radius 3 is 2.53 bits per heavy atom. The average molecular weight is 266 g/mol. The maximum atomic E-state index is 12.9. The number of amides is 2. The third-order valence-corrected chi connectivity index (χ3v) is 2.55. The lowest BCUT2D eigenvalue weighted by atomic mass is 10.1. The van der Waals surface area contributed by atoms with Gasteiger partial charge in [0.05, 0.1) is 6.54 Å². The summed E-state index contributed by atoms with van der Waals surface area (Å²) in [5, 5.41) is 5.21. The summed E-state index contributed by atoms with van der Waals surface area (Å²) in [6, 6.07) is 3.92. The molecule has 0 saturated heterocycles. The third-order valence-electron chi connectivity index (χ3n) is 2.55. The third kappa shape index (κ3) is 5.07. The molecule has 1 aromatic carbocycles. The van der Waals surface area contributed by atoms with Crippen LogP contribution in [0.3, 0.4) is 0 Å². The fourth-order valence-electron chi connectivity index (χ4n) is 1.52. The fourth-order valence-corrected chi connectivity index (χ4v) is 1.52. The van der Waals surface area contributed by atoms with Crippen LogP contribution in [0.15, 0.2) is 18.2 Å². The topological polar surface area (TPSA) is 58.2 Å². The molecule has 0 fully saturated rings. The summed E-state index contributed by atoms with van der Waals surface area (Å²) in [4.78, 5) is 23.2. The van der Waals surface area contributed by atoms with Crippen molar-refractivity contribution in [3.63, 3.8) is 0 Å². The van der Waals surface area contributed by atoms with E-state index in [1.165, 1.54) is 18.2 Å². The zero-order valence-corrected chi connectivity index (χ0v) is 11.4. The minimum Gasteiger partial charge on any atom is -0.354 e. The Balaban J connectivity index is 2.49. The van der Waals surface area contributed by atoms with Gasteiger partial charge in [-0.05, 0) is 36.6 Å². The Kier molecular flexibility index (Phi) is 5.48. The van der Waals surface area contributed by atoms with Gasteiger partial charge in [-0.25, -0.2) is 4.39 Å². The lowest BCUT2D eigenvalue weighted by Gasteiger charge is -2.09. The maximum absolute atomic E-state index is 12.9. The van der Waals surface area contributed by atoms with Gasteiger partial charge in [0, 0.05) is 12.1 Å². The first-order valence-corrected chi connectivity index (χ1v) is 6.21. The zero-order valence-electron chi connectivity index (χ0n) is 11.4. The molecule has 2 amide bonds. The van der Waals surface area contributed by atoms with Crippen LogP contribution in [-0.2, 0) is 4.79 Å². The number of rotatable bonds is 5. The van der Waals surface area contributed by atoms with E-state index in [0.717, 1.165) is 0 Å². The van der Waals surface area contributed by atoms with Crippen LogP contribution >= 0.6 is 0 Å². The van der Waals surface area contributed by atoms with Crippen LogP contribution in [0.25, 0.3) is 0 Å². The number of nitrogens with one attached hydrogen (secondary N) is 2. The van der Waals surface area contributed by atoms with Crippen molar-refractivity contribution in [3.8, 4) is 0 Å². The van der Waals surface area contributed by atoms with Gasteiger partial charge in [-0.1, -0.05) is 13.8 Å². The van der Waals surface area contributed by atoms with Crippen LogP contribution in [0, 0.1) is 18.7 Å². The number of carbonyl (C=O) groups excluding carboxylic acids is 2. The normalized spacial score (nSPS) is 10.4. The molecule has 2 N–H and O–H groups in total. The molecule has 0 aromatic heterocycles. The minimum atomic E-state index is -0.385. The van der Waals surface area contributed by atoms with E-state index in [2.05, 4.69) is 10.6 Å². The SMILES string of the molecule is Cc1cc(F)ccc1C(=O)NCC(=O)NCC(C)C.